The van der Waals surface area contributed by atoms with Crippen molar-refractivity contribution < 1.29 is 13.2 Å². The first-order chi connectivity index (χ1) is 15.4. The summed E-state index contributed by atoms with van der Waals surface area (Å²) in [5.74, 6) is 0.678. The average molecular weight is 451 g/mol. The molecule has 1 heterocycles. The van der Waals surface area contributed by atoms with Gasteiger partial charge in [-0.15, -0.1) is 0 Å². The number of nitrogens with zero attached hydrogens (tertiary/aromatic N) is 2. The minimum absolute atomic E-state index is 0.103. The van der Waals surface area contributed by atoms with E-state index in [9.17, 15) is 8.42 Å². The highest BCUT2D eigenvalue weighted by Gasteiger charge is 2.33. The Bertz CT molecular complexity index is 1090. The highest BCUT2D eigenvalue weighted by Crippen LogP contribution is 2.32. The molecule has 0 spiro atoms. The predicted molar refractivity (Wildman–Crippen MR) is 128 cm³/mol. The van der Waals surface area contributed by atoms with E-state index in [4.69, 9.17) is 4.74 Å². The number of ether oxygens (including phenoxy) is 1. The van der Waals surface area contributed by atoms with Crippen molar-refractivity contribution in [2.75, 3.05) is 33.3 Å². The van der Waals surface area contributed by atoms with Gasteiger partial charge in [0.25, 0.3) is 0 Å². The van der Waals surface area contributed by atoms with Gasteiger partial charge in [-0.3, -0.25) is 4.90 Å². The average Bonchev–Trinajstić information content (AvgIpc) is 2.80. The normalized spacial score (nSPS) is 15.8. The Hall–Kier alpha value is -2.67. The van der Waals surface area contributed by atoms with Gasteiger partial charge in [0.2, 0.25) is 10.0 Å². The molecular weight excluding hydrogens is 420 g/mol. The lowest BCUT2D eigenvalue weighted by atomic mass is 9.96. The first kappa shape index (κ1) is 22.5. The summed E-state index contributed by atoms with van der Waals surface area (Å²) in [4.78, 5) is 2.78. The molecule has 0 aliphatic carbocycles. The van der Waals surface area contributed by atoms with Gasteiger partial charge in [-0.05, 0) is 48.2 Å². The highest BCUT2D eigenvalue weighted by molar-refractivity contribution is 7.89. The van der Waals surface area contributed by atoms with Crippen LogP contribution in [0.15, 0.2) is 77.7 Å². The first-order valence-electron chi connectivity index (χ1n) is 10.9. The molecule has 1 fully saturated rings. The number of rotatable bonds is 6. The van der Waals surface area contributed by atoms with Crippen molar-refractivity contribution >= 4 is 10.0 Å². The van der Waals surface area contributed by atoms with Gasteiger partial charge in [0.1, 0.15) is 5.75 Å². The maximum atomic E-state index is 13.5. The standard InChI is InChI=1S/C26H30N2O3S/c1-20-18-24(31-3)19-21(2)26(20)32(29,30)28-16-14-27(15-17-28)25(22-10-6-4-7-11-22)23-12-8-5-9-13-23/h4-13,18-19,25H,14-17H2,1-3H3. The maximum Gasteiger partial charge on any atom is 0.243 e. The quantitative estimate of drug-likeness (QED) is 0.558. The lowest BCUT2D eigenvalue weighted by Crippen LogP contribution is -2.50. The summed E-state index contributed by atoms with van der Waals surface area (Å²) in [6.45, 7) is 5.93. The molecule has 0 saturated carbocycles. The summed E-state index contributed by atoms with van der Waals surface area (Å²) in [5.41, 5.74) is 3.88. The summed E-state index contributed by atoms with van der Waals surface area (Å²) in [7, 11) is -1.98. The topological polar surface area (TPSA) is 49.9 Å². The fourth-order valence-electron chi connectivity index (χ4n) is 4.65. The van der Waals surface area contributed by atoms with Crippen molar-refractivity contribution in [3.63, 3.8) is 0 Å². The third kappa shape index (κ3) is 4.44. The van der Waals surface area contributed by atoms with Crippen molar-refractivity contribution in [3.8, 4) is 5.75 Å². The molecule has 0 amide bonds. The summed E-state index contributed by atoms with van der Waals surface area (Å²) < 4.78 is 33.9. The smallest absolute Gasteiger partial charge is 0.243 e. The van der Waals surface area contributed by atoms with Crippen LogP contribution in [-0.2, 0) is 10.0 Å². The monoisotopic (exact) mass is 450 g/mol. The summed E-state index contributed by atoms with van der Waals surface area (Å²) in [6, 6.07) is 24.5. The van der Waals surface area contributed by atoms with Gasteiger partial charge in [0, 0.05) is 26.2 Å². The van der Waals surface area contributed by atoms with Crippen LogP contribution in [0.4, 0.5) is 0 Å². The molecular formula is C26H30N2O3S. The first-order valence-corrected chi connectivity index (χ1v) is 12.3. The van der Waals surface area contributed by atoms with E-state index in [1.54, 1.807) is 23.5 Å². The van der Waals surface area contributed by atoms with Crippen molar-refractivity contribution in [1.82, 2.24) is 9.21 Å². The van der Waals surface area contributed by atoms with E-state index in [0.29, 0.717) is 36.8 Å². The Morgan fingerprint density at radius 2 is 1.25 bits per heavy atom. The van der Waals surface area contributed by atoms with Gasteiger partial charge in [-0.1, -0.05) is 60.7 Å². The lowest BCUT2D eigenvalue weighted by Gasteiger charge is -2.39. The van der Waals surface area contributed by atoms with Crippen LogP contribution in [0.2, 0.25) is 0 Å². The molecule has 0 bridgehead atoms. The van der Waals surface area contributed by atoms with Crippen molar-refractivity contribution in [1.29, 1.82) is 0 Å². The van der Waals surface area contributed by atoms with Gasteiger partial charge in [-0.2, -0.15) is 4.31 Å². The molecule has 4 rings (SSSR count). The van der Waals surface area contributed by atoms with E-state index in [0.717, 1.165) is 11.1 Å². The van der Waals surface area contributed by atoms with Crippen LogP contribution in [0, 0.1) is 13.8 Å². The van der Waals surface area contributed by atoms with Gasteiger partial charge in [0.05, 0.1) is 18.0 Å². The minimum atomic E-state index is -3.58. The number of hydrogen-bond acceptors (Lipinski definition) is 4. The number of piperazine rings is 1. The Balaban J connectivity index is 1.58. The molecule has 6 heteroatoms. The fraction of sp³-hybridized carbons (Fsp3) is 0.308. The number of hydrogen-bond donors (Lipinski definition) is 0. The highest BCUT2D eigenvalue weighted by atomic mass is 32.2. The second-order valence-electron chi connectivity index (χ2n) is 8.25. The van der Waals surface area contributed by atoms with E-state index in [-0.39, 0.29) is 6.04 Å². The zero-order valence-corrected chi connectivity index (χ0v) is 19.7. The number of aryl methyl sites for hydroxylation is 2. The molecule has 0 atom stereocenters. The Morgan fingerprint density at radius 1 is 0.781 bits per heavy atom. The summed E-state index contributed by atoms with van der Waals surface area (Å²) in [5, 5.41) is 0. The van der Waals surface area contributed by atoms with Crippen LogP contribution in [0.25, 0.3) is 0 Å². The predicted octanol–water partition coefficient (Wildman–Crippen LogP) is 4.41. The van der Waals surface area contributed by atoms with E-state index in [1.807, 2.05) is 26.0 Å². The molecule has 0 unspecified atom stereocenters. The van der Waals surface area contributed by atoms with Crippen LogP contribution in [-0.4, -0.2) is 50.9 Å². The second kappa shape index (κ2) is 9.45. The van der Waals surface area contributed by atoms with E-state index >= 15 is 0 Å². The molecule has 32 heavy (non-hydrogen) atoms. The third-order valence-electron chi connectivity index (χ3n) is 6.14. The maximum absolute atomic E-state index is 13.5. The van der Waals surface area contributed by atoms with Crippen LogP contribution in [0.3, 0.4) is 0 Å². The molecule has 1 saturated heterocycles. The SMILES string of the molecule is COc1cc(C)c(S(=O)(=O)N2CCN(C(c3ccccc3)c3ccccc3)CC2)c(C)c1. The lowest BCUT2D eigenvalue weighted by molar-refractivity contribution is 0.155. The number of benzene rings is 3. The van der Waals surface area contributed by atoms with Gasteiger partial charge < -0.3 is 4.74 Å². The van der Waals surface area contributed by atoms with E-state index < -0.39 is 10.0 Å². The Morgan fingerprint density at radius 3 is 1.69 bits per heavy atom. The summed E-state index contributed by atoms with van der Waals surface area (Å²) >= 11 is 0. The second-order valence-corrected chi connectivity index (χ2v) is 10.1. The third-order valence-corrected chi connectivity index (χ3v) is 8.34. The van der Waals surface area contributed by atoms with E-state index in [1.165, 1.54) is 11.1 Å². The number of methoxy groups -OCH3 is 1. The van der Waals surface area contributed by atoms with Crippen molar-refractivity contribution in [2.45, 2.75) is 24.8 Å². The Kier molecular flexibility index (Phi) is 6.65. The van der Waals surface area contributed by atoms with Gasteiger partial charge in [0.15, 0.2) is 0 Å². The van der Waals surface area contributed by atoms with Crippen molar-refractivity contribution in [3.05, 3.63) is 95.1 Å². The summed E-state index contributed by atoms with van der Waals surface area (Å²) in [6.07, 6.45) is 0. The molecule has 1 aliphatic heterocycles. The number of sulfonamides is 1. The molecule has 3 aromatic rings. The van der Waals surface area contributed by atoms with E-state index in [2.05, 4.69) is 53.4 Å². The van der Waals surface area contributed by atoms with Gasteiger partial charge in [-0.25, -0.2) is 8.42 Å². The molecule has 168 valence electrons. The molecule has 1 aliphatic rings. The molecule has 0 N–H and O–H groups in total. The molecule has 3 aromatic carbocycles. The molecule has 0 radical (unpaired) electrons. The van der Waals surface area contributed by atoms with Crippen molar-refractivity contribution in [2.24, 2.45) is 0 Å². The largest absolute Gasteiger partial charge is 0.497 e. The fourth-order valence-corrected chi connectivity index (χ4v) is 6.49. The van der Waals surface area contributed by atoms with Crippen LogP contribution < -0.4 is 4.74 Å². The Labute approximate surface area is 191 Å². The van der Waals surface area contributed by atoms with Crippen LogP contribution in [0.5, 0.6) is 5.75 Å². The molecule has 0 aromatic heterocycles. The zero-order valence-electron chi connectivity index (χ0n) is 18.9. The zero-order chi connectivity index (χ0) is 22.7. The minimum Gasteiger partial charge on any atom is -0.497 e. The van der Waals surface area contributed by atoms with Crippen LogP contribution in [0.1, 0.15) is 28.3 Å². The van der Waals surface area contributed by atoms with Gasteiger partial charge >= 0.3 is 0 Å². The van der Waals surface area contributed by atoms with Crippen LogP contribution >= 0.6 is 0 Å². The molecule has 5 nitrogen and oxygen atoms in total.